The zero-order chi connectivity index (χ0) is 20.5. The number of pyridine rings is 1. The third kappa shape index (κ3) is 3.94. The van der Waals surface area contributed by atoms with Crippen LogP contribution in [0.2, 0.25) is 0 Å². The lowest BCUT2D eigenvalue weighted by Gasteiger charge is -2.35. The first kappa shape index (κ1) is 19.9. The van der Waals surface area contributed by atoms with E-state index in [1.807, 2.05) is 12.4 Å². The molecule has 9 heteroatoms. The maximum atomic E-state index is 12.6. The number of hydrazine groups is 1. The number of halogens is 1. The first-order valence-corrected chi connectivity index (χ1v) is 11.0. The summed E-state index contributed by atoms with van der Waals surface area (Å²) in [6, 6.07) is 7.60. The molecule has 4 unspecified atom stereocenters. The molecule has 3 saturated heterocycles. The number of nitrogens with zero attached hydrogens (tertiary/aromatic N) is 4. The molecule has 30 heavy (non-hydrogen) atoms. The molecule has 3 fully saturated rings. The Balaban J connectivity index is 1.32. The van der Waals surface area contributed by atoms with E-state index >= 15 is 0 Å². The van der Waals surface area contributed by atoms with Crippen molar-refractivity contribution in [3.05, 3.63) is 41.9 Å². The number of piperidine rings is 1. The van der Waals surface area contributed by atoms with Gasteiger partial charge in [0.05, 0.1) is 24.5 Å². The maximum Gasteiger partial charge on any atom is 0.128 e. The van der Waals surface area contributed by atoms with E-state index in [-0.39, 0.29) is 12.1 Å². The fraction of sp³-hybridized carbons (Fsp3) is 0.619. The van der Waals surface area contributed by atoms with Crippen LogP contribution in [0.3, 0.4) is 0 Å². The second kappa shape index (κ2) is 8.58. The van der Waals surface area contributed by atoms with Crippen LogP contribution in [0, 0.1) is 5.92 Å². The monoisotopic (exact) mass is 414 g/mol. The maximum absolute atomic E-state index is 12.6. The van der Waals surface area contributed by atoms with Crippen molar-refractivity contribution in [2.45, 2.75) is 44.1 Å². The van der Waals surface area contributed by atoms with Crippen LogP contribution in [-0.4, -0.2) is 59.7 Å². The second-order valence-electron chi connectivity index (χ2n) is 8.68. The lowest BCUT2D eigenvalue weighted by atomic mass is 9.82. The number of nitrogens with one attached hydrogen (secondary N) is 4. The van der Waals surface area contributed by atoms with Gasteiger partial charge in [-0.05, 0) is 25.5 Å². The topological polar surface area (TPSA) is 82.1 Å². The highest BCUT2D eigenvalue weighted by Crippen LogP contribution is 2.38. The Morgan fingerprint density at radius 1 is 1.23 bits per heavy atom. The fourth-order valence-electron chi connectivity index (χ4n) is 5.02. The normalized spacial score (nSPS) is 31.7. The van der Waals surface area contributed by atoms with Crippen LogP contribution in [-0.2, 0) is 6.54 Å². The van der Waals surface area contributed by atoms with Gasteiger partial charge in [-0.15, -0.1) is 0 Å². The molecule has 3 aliphatic rings. The van der Waals surface area contributed by atoms with Crippen LogP contribution in [0.25, 0.3) is 0 Å². The first-order chi connectivity index (χ1) is 14.7. The molecule has 5 atom stereocenters. The van der Waals surface area contributed by atoms with Crippen molar-refractivity contribution in [1.29, 1.82) is 0 Å². The van der Waals surface area contributed by atoms with Gasteiger partial charge in [0, 0.05) is 62.0 Å². The van der Waals surface area contributed by atoms with Gasteiger partial charge in [-0.3, -0.25) is 10.1 Å². The molecular weight excluding hydrogens is 383 g/mol. The molecular formula is C21H31FN8. The average Bonchev–Trinajstić information content (AvgIpc) is 3.41. The highest BCUT2D eigenvalue weighted by atomic mass is 19.1. The number of hydrogen-bond acceptors (Lipinski definition) is 7. The first-order valence-electron chi connectivity index (χ1n) is 11.0. The van der Waals surface area contributed by atoms with Gasteiger partial charge in [-0.2, -0.15) is 5.10 Å². The summed E-state index contributed by atoms with van der Waals surface area (Å²) in [5, 5.41) is 11.4. The van der Waals surface area contributed by atoms with E-state index in [0.29, 0.717) is 24.5 Å². The minimum Gasteiger partial charge on any atom is -0.354 e. The van der Waals surface area contributed by atoms with Gasteiger partial charge >= 0.3 is 0 Å². The Morgan fingerprint density at radius 2 is 2.17 bits per heavy atom. The lowest BCUT2D eigenvalue weighted by Crippen LogP contribution is -2.49. The molecule has 2 aromatic rings. The zero-order valence-electron chi connectivity index (χ0n) is 17.4. The van der Waals surface area contributed by atoms with E-state index < -0.39 is 6.67 Å². The molecule has 0 aliphatic carbocycles. The molecule has 5 heterocycles. The van der Waals surface area contributed by atoms with E-state index in [9.17, 15) is 4.39 Å². The third-order valence-corrected chi connectivity index (χ3v) is 6.60. The Hall–Kier alpha value is -2.07. The molecule has 2 aromatic heterocycles. The van der Waals surface area contributed by atoms with E-state index in [2.05, 4.69) is 56.6 Å². The summed E-state index contributed by atoms with van der Waals surface area (Å²) in [5.41, 5.74) is 9.18. The van der Waals surface area contributed by atoms with E-state index in [0.717, 1.165) is 49.7 Å². The van der Waals surface area contributed by atoms with Crippen LogP contribution in [0.5, 0.6) is 0 Å². The second-order valence-corrected chi connectivity index (χ2v) is 8.68. The van der Waals surface area contributed by atoms with E-state index in [1.165, 1.54) is 0 Å². The summed E-state index contributed by atoms with van der Waals surface area (Å²) in [6.45, 7) is 5.96. The van der Waals surface area contributed by atoms with Gasteiger partial charge in [-0.25, -0.2) is 14.8 Å². The van der Waals surface area contributed by atoms with Crippen LogP contribution in [0.1, 0.15) is 36.7 Å². The molecule has 4 N–H and O–H groups in total. The van der Waals surface area contributed by atoms with Crippen LogP contribution >= 0.6 is 0 Å². The Bertz CT molecular complexity index is 857. The third-order valence-electron chi connectivity index (χ3n) is 6.60. The molecule has 0 bridgehead atoms. The van der Waals surface area contributed by atoms with Gasteiger partial charge in [0.2, 0.25) is 0 Å². The van der Waals surface area contributed by atoms with Gasteiger partial charge < -0.3 is 15.5 Å². The lowest BCUT2D eigenvalue weighted by molar-refractivity contribution is 0.265. The van der Waals surface area contributed by atoms with Crippen molar-refractivity contribution < 1.29 is 4.39 Å². The molecule has 3 aliphatic heterocycles. The SMILES string of the molecule is C[C@H]1CN(c2cccc(C3NNC4CNC(c5cnn(CCF)c5)CC43)n2)CCN1. The number of aryl methyl sites for hydroxylation is 1. The van der Waals surface area contributed by atoms with Crippen LogP contribution < -0.4 is 26.4 Å². The van der Waals surface area contributed by atoms with E-state index in [4.69, 9.17) is 4.98 Å². The number of anilines is 1. The van der Waals surface area contributed by atoms with Crippen molar-refractivity contribution in [2.24, 2.45) is 5.92 Å². The highest BCUT2D eigenvalue weighted by Gasteiger charge is 2.42. The van der Waals surface area contributed by atoms with Crippen molar-refractivity contribution in [1.82, 2.24) is 36.2 Å². The zero-order valence-corrected chi connectivity index (χ0v) is 17.4. The minimum absolute atomic E-state index is 0.167. The number of hydrogen-bond donors (Lipinski definition) is 4. The molecule has 0 saturated carbocycles. The molecule has 8 nitrogen and oxygen atoms in total. The van der Waals surface area contributed by atoms with Gasteiger partial charge in [0.1, 0.15) is 12.5 Å². The van der Waals surface area contributed by atoms with Crippen molar-refractivity contribution in [2.75, 3.05) is 37.8 Å². The quantitative estimate of drug-likeness (QED) is 0.579. The molecule has 162 valence electrons. The predicted octanol–water partition coefficient (Wildman–Crippen LogP) is 0.914. The summed E-state index contributed by atoms with van der Waals surface area (Å²) < 4.78 is 14.3. The Labute approximate surface area is 176 Å². The summed E-state index contributed by atoms with van der Waals surface area (Å²) in [4.78, 5) is 7.42. The average molecular weight is 415 g/mol. The van der Waals surface area contributed by atoms with Crippen LogP contribution in [0.4, 0.5) is 10.2 Å². The number of fused-ring (bicyclic) bond motifs is 1. The molecule has 5 rings (SSSR count). The summed E-state index contributed by atoms with van der Waals surface area (Å²) in [6.07, 6.45) is 4.81. The number of rotatable bonds is 5. The molecule has 0 radical (unpaired) electrons. The molecule has 0 aromatic carbocycles. The smallest absolute Gasteiger partial charge is 0.128 e. The van der Waals surface area contributed by atoms with Crippen molar-refractivity contribution in [3.63, 3.8) is 0 Å². The standard InChI is InChI=1S/C21H31FN8/c1-14-12-29(8-6-23-14)20-4-2-3-17(26-20)21-16-9-18(24-11-19(16)27-28-21)15-10-25-30(13-15)7-5-22/h2-4,10,13-14,16,18-19,21,23-24,27-28H,5-9,11-12H2,1H3/t14-,16?,18?,19?,21?/m0/s1. The molecule has 0 spiro atoms. The molecule has 0 amide bonds. The number of piperazine rings is 1. The van der Waals surface area contributed by atoms with Crippen molar-refractivity contribution >= 4 is 5.82 Å². The van der Waals surface area contributed by atoms with Crippen molar-refractivity contribution in [3.8, 4) is 0 Å². The highest BCUT2D eigenvalue weighted by molar-refractivity contribution is 5.41. The minimum atomic E-state index is -0.395. The largest absolute Gasteiger partial charge is 0.354 e. The summed E-state index contributed by atoms with van der Waals surface area (Å²) >= 11 is 0. The summed E-state index contributed by atoms with van der Waals surface area (Å²) in [5.74, 6) is 1.48. The Morgan fingerprint density at radius 3 is 3.03 bits per heavy atom. The van der Waals surface area contributed by atoms with Crippen LogP contribution in [0.15, 0.2) is 30.6 Å². The fourth-order valence-corrected chi connectivity index (χ4v) is 5.02. The number of alkyl halides is 1. The number of aromatic nitrogens is 3. The Kier molecular flexibility index (Phi) is 5.68. The van der Waals surface area contributed by atoms with E-state index in [1.54, 1.807) is 4.68 Å². The predicted molar refractivity (Wildman–Crippen MR) is 114 cm³/mol. The summed E-state index contributed by atoms with van der Waals surface area (Å²) in [7, 11) is 0. The van der Waals surface area contributed by atoms with Gasteiger partial charge in [-0.1, -0.05) is 6.07 Å². The van der Waals surface area contributed by atoms with Gasteiger partial charge in [0.25, 0.3) is 0 Å². The van der Waals surface area contributed by atoms with Gasteiger partial charge in [0.15, 0.2) is 0 Å².